The van der Waals surface area contributed by atoms with E-state index in [1.165, 1.54) is 13.2 Å². The first-order valence-electron chi connectivity index (χ1n) is 7.29. The molecular weight excluding hydrogens is 283 g/mol. The number of ether oxygens (including phenoxy) is 1. The Morgan fingerprint density at radius 1 is 1.18 bits per heavy atom. The predicted octanol–water partition coefficient (Wildman–Crippen LogP) is 3.27. The summed E-state index contributed by atoms with van der Waals surface area (Å²) >= 11 is 0. The van der Waals surface area contributed by atoms with Crippen molar-refractivity contribution in [2.45, 2.75) is 12.8 Å². The summed E-state index contributed by atoms with van der Waals surface area (Å²) in [7, 11) is 1.33. The van der Waals surface area contributed by atoms with Crippen LogP contribution in [0.4, 0.5) is 10.2 Å². The third-order valence-electron chi connectivity index (χ3n) is 3.89. The molecule has 22 heavy (non-hydrogen) atoms. The van der Waals surface area contributed by atoms with Crippen LogP contribution < -0.4 is 4.90 Å². The van der Waals surface area contributed by atoms with E-state index in [0.717, 1.165) is 25.9 Å². The lowest BCUT2D eigenvalue weighted by Gasteiger charge is -2.21. The van der Waals surface area contributed by atoms with Crippen LogP contribution in [0.5, 0.6) is 0 Å². The van der Waals surface area contributed by atoms with Crippen LogP contribution in [0.1, 0.15) is 23.2 Å². The van der Waals surface area contributed by atoms with Crippen LogP contribution in [-0.2, 0) is 4.74 Å². The van der Waals surface area contributed by atoms with Crippen molar-refractivity contribution in [2.75, 3.05) is 25.1 Å². The van der Waals surface area contributed by atoms with Crippen LogP contribution in [0.25, 0.3) is 11.1 Å². The number of anilines is 1. The van der Waals surface area contributed by atoms with Crippen LogP contribution in [0.3, 0.4) is 0 Å². The Balaban J connectivity index is 2.19. The molecule has 2 aromatic rings. The molecule has 1 aromatic heterocycles. The van der Waals surface area contributed by atoms with Gasteiger partial charge in [0.1, 0.15) is 17.2 Å². The van der Waals surface area contributed by atoms with E-state index >= 15 is 0 Å². The normalized spacial score (nSPS) is 14.2. The minimum absolute atomic E-state index is 0.331. The summed E-state index contributed by atoms with van der Waals surface area (Å²) in [4.78, 5) is 18.7. The van der Waals surface area contributed by atoms with Crippen molar-refractivity contribution in [3.63, 3.8) is 0 Å². The summed E-state index contributed by atoms with van der Waals surface area (Å²) in [5.74, 6) is -0.287. The van der Waals surface area contributed by atoms with Gasteiger partial charge in [0.2, 0.25) is 0 Å². The zero-order valence-corrected chi connectivity index (χ0v) is 12.4. The molecule has 3 rings (SSSR count). The van der Waals surface area contributed by atoms with Gasteiger partial charge in [0.05, 0.1) is 7.11 Å². The van der Waals surface area contributed by atoms with Crippen molar-refractivity contribution >= 4 is 11.8 Å². The van der Waals surface area contributed by atoms with E-state index < -0.39 is 5.97 Å². The zero-order valence-electron chi connectivity index (χ0n) is 12.4. The Morgan fingerprint density at radius 3 is 2.59 bits per heavy atom. The van der Waals surface area contributed by atoms with Gasteiger partial charge in [-0.3, -0.25) is 0 Å². The van der Waals surface area contributed by atoms with Gasteiger partial charge < -0.3 is 9.64 Å². The average Bonchev–Trinajstić information content (AvgIpc) is 3.08. The molecule has 1 aliphatic heterocycles. The second kappa shape index (κ2) is 6.13. The fraction of sp³-hybridized carbons (Fsp3) is 0.294. The SMILES string of the molecule is COC(=O)c1c(-c2ccccc2F)ccnc1N1CCCC1. The molecule has 0 saturated carbocycles. The number of nitrogens with zero attached hydrogens (tertiary/aromatic N) is 2. The highest BCUT2D eigenvalue weighted by Crippen LogP contribution is 2.33. The van der Waals surface area contributed by atoms with Gasteiger partial charge in [-0.25, -0.2) is 14.2 Å². The number of carbonyl (C=O) groups excluding carboxylic acids is 1. The number of pyridine rings is 1. The van der Waals surface area contributed by atoms with Gasteiger partial charge in [0, 0.05) is 30.4 Å². The highest BCUT2D eigenvalue weighted by atomic mass is 19.1. The Labute approximate surface area is 128 Å². The first-order valence-corrected chi connectivity index (χ1v) is 7.29. The maximum Gasteiger partial charge on any atom is 0.342 e. The van der Waals surface area contributed by atoms with Crippen LogP contribution >= 0.6 is 0 Å². The molecule has 5 heteroatoms. The fourth-order valence-corrected chi connectivity index (χ4v) is 2.83. The van der Waals surface area contributed by atoms with E-state index in [-0.39, 0.29) is 5.82 Å². The molecule has 0 bridgehead atoms. The Morgan fingerprint density at radius 2 is 1.91 bits per heavy atom. The number of rotatable bonds is 3. The molecule has 0 radical (unpaired) electrons. The molecule has 114 valence electrons. The first-order chi connectivity index (χ1) is 10.7. The highest BCUT2D eigenvalue weighted by Gasteiger charge is 2.25. The molecule has 1 saturated heterocycles. The van der Waals surface area contributed by atoms with Gasteiger partial charge in [-0.05, 0) is 25.0 Å². The number of hydrogen-bond donors (Lipinski definition) is 0. The lowest BCUT2D eigenvalue weighted by atomic mass is 10.00. The van der Waals surface area contributed by atoms with Crippen LogP contribution in [0, 0.1) is 5.82 Å². The van der Waals surface area contributed by atoms with E-state index in [2.05, 4.69) is 9.88 Å². The molecule has 0 aliphatic carbocycles. The highest BCUT2D eigenvalue weighted by molar-refractivity contribution is 6.02. The second-order valence-corrected chi connectivity index (χ2v) is 5.22. The molecular formula is C17H17FN2O2. The Kier molecular flexibility index (Phi) is 4.04. The lowest BCUT2D eigenvalue weighted by Crippen LogP contribution is -2.23. The van der Waals surface area contributed by atoms with Gasteiger partial charge in [-0.15, -0.1) is 0 Å². The molecule has 0 unspecified atom stereocenters. The largest absolute Gasteiger partial charge is 0.465 e. The van der Waals surface area contributed by atoms with Crippen molar-refractivity contribution in [3.8, 4) is 11.1 Å². The van der Waals surface area contributed by atoms with E-state index in [0.29, 0.717) is 22.5 Å². The number of aromatic nitrogens is 1. The number of methoxy groups -OCH3 is 1. The minimum atomic E-state index is -0.492. The smallest absolute Gasteiger partial charge is 0.342 e. The number of halogens is 1. The Hall–Kier alpha value is -2.43. The molecule has 0 spiro atoms. The summed E-state index contributed by atoms with van der Waals surface area (Å²) in [6.45, 7) is 1.69. The van der Waals surface area contributed by atoms with Gasteiger partial charge in [-0.2, -0.15) is 0 Å². The van der Waals surface area contributed by atoms with Crippen LogP contribution in [0.15, 0.2) is 36.5 Å². The van der Waals surface area contributed by atoms with Gasteiger partial charge >= 0.3 is 5.97 Å². The maximum atomic E-state index is 14.1. The second-order valence-electron chi connectivity index (χ2n) is 5.22. The van der Waals surface area contributed by atoms with Gasteiger partial charge in [-0.1, -0.05) is 18.2 Å². The molecule has 0 N–H and O–H groups in total. The van der Waals surface area contributed by atoms with Crippen molar-refractivity contribution in [1.82, 2.24) is 4.98 Å². The summed E-state index contributed by atoms with van der Waals surface area (Å²) in [5.41, 5.74) is 1.23. The summed E-state index contributed by atoms with van der Waals surface area (Å²) in [6.07, 6.45) is 3.74. The van der Waals surface area contributed by atoms with Crippen molar-refractivity contribution in [3.05, 3.63) is 47.9 Å². The van der Waals surface area contributed by atoms with Crippen LogP contribution in [0.2, 0.25) is 0 Å². The summed E-state index contributed by atoms with van der Waals surface area (Å²) in [6, 6.07) is 8.07. The molecule has 1 aliphatic rings. The predicted molar refractivity (Wildman–Crippen MR) is 82.4 cm³/mol. The molecule has 2 heterocycles. The van der Waals surface area contributed by atoms with Crippen molar-refractivity contribution < 1.29 is 13.9 Å². The molecule has 0 amide bonds. The summed E-state index contributed by atoms with van der Waals surface area (Å²) < 4.78 is 19.1. The molecule has 0 atom stereocenters. The number of esters is 1. The summed E-state index contributed by atoms with van der Waals surface area (Å²) in [5, 5.41) is 0. The number of carbonyl (C=O) groups is 1. The fourth-order valence-electron chi connectivity index (χ4n) is 2.83. The standard InChI is InChI=1S/C17H17FN2O2/c1-22-17(21)15-13(12-6-2-3-7-14(12)18)8-9-19-16(15)20-10-4-5-11-20/h2-3,6-9H,4-5,10-11H2,1H3. The van der Waals surface area contributed by atoms with Gasteiger partial charge in [0.15, 0.2) is 0 Å². The Bertz CT molecular complexity index is 697. The molecule has 1 aromatic carbocycles. The van der Waals surface area contributed by atoms with Crippen LogP contribution in [-0.4, -0.2) is 31.2 Å². The van der Waals surface area contributed by atoms with E-state index in [1.807, 2.05) is 0 Å². The molecule has 4 nitrogen and oxygen atoms in total. The van der Waals surface area contributed by atoms with E-state index in [9.17, 15) is 9.18 Å². The quantitative estimate of drug-likeness (QED) is 0.816. The zero-order chi connectivity index (χ0) is 15.5. The van der Waals surface area contributed by atoms with Crippen molar-refractivity contribution in [2.24, 2.45) is 0 Å². The maximum absolute atomic E-state index is 14.1. The topological polar surface area (TPSA) is 42.4 Å². The number of hydrogen-bond acceptors (Lipinski definition) is 4. The van der Waals surface area contributed by atoms with Gasteiger partial charge in [0.25, 0.3) is 0 Å². The molecule has 1 fully saturated rings. The van der Waals surface area contributed by atoms with E-state index in [4.69, 9.17) is 4.74 Å². The minimum Gasteiger partial charge on any atom is -0.465 e. The third-order valence-corrected chi connectivity index (χ3v) is 3.89. The van der Waals surface area contributed by atoms with E-state index in [1.54, 1.807) is 30.5 Å². The third kappa shape index (κ3) is 2.54. The first kappa shape index (κ1) is 14.5. The average molecular weight is 300 g/mol. The number of benzene rings is 1. The lowest BCUT2D eigenvalue weighted by molar-refractivity contribution is 0.0602. The van der Waals surface area contributed by atoms with Crippen molar-refractivity contribution in [1.29, 1.82) is 0 Å². The monoisotopic (exact) mass is 300 g/mol.